The van der Waals surface area contributed by atoms with E-state index in [4.69, 9.17) is 4.74 Å². The molecule has 0 aliphatic carbocycles. The van der Waals surface area contributed by atoms with E-state index in [1.807, 2.05) is 65.3 Å². The van der Waals surface area contributed by atoms with Gasteiger partial charge in [0, 0.05) is 30.2 Å². The molecular weight excluding hydrogens is 376 g/mol. The van der Waals surface area contributed by atoms with Crippen molar-refractivity contribution >= 4 is 17.3 Å². The first kappa shape index (κ1) is 18.6. The topological polar surface area (TPSA) is 67.6 Å². The first-order chi connectivity index (χ1) is 14.8. The molecular formula is C23H24N6O. The van der Waals surface area contributed by atoms with E-state index in [1.165, 1.54) is 25.9 Å². The molecule has 1 aliphatic rings. The Balaban J connectivity index is 1.26. The molecule has 1 aliphatic heterocycles. The van der Waals surface area contributed by atoms with E-state index in [2.05, 4.69) is 25.3 Å². The highest BCUT2D eigenvalue weighted by molar-refractivity contribution is 5.64. The molecule has 7 nitrogen and oxygen atoms in total. The third-order valence-electron chi connectivity index (χ3n) is 5.30. The van der Waals surface area contributed by atoms with Crippen LogP contribution in [-0.4, -0.2) is 50.7 Å². The minimum atomic E-state index is 0.550. The SMILES string of the molecule is c1cncc(-c2cccc3nc(Nc4ccc(OCCN5CCCC5)cc4)nn23)c1. The lowest BCUT2D eigenvalue weighted by Crippen LogP contribution is -2.25. The summed E-state index contributed by atoms with van der Waals surface area (Å²) in [6, 6.07) is 17.8. The summed E-state index contributed by atoms with van der Waals surface area (Å²) in [6.07, 6.45) is 6.20. The second kappa shape index (κ2) is 8.51. The fourth-order valence-corrected chi connectivity index (χ4v) is 3.75. The second-order valence-electron chi connectivity index (χ2n) is 7.40. The van der Waals surface area contributed by atoms with Crippen LogP contribution < -0.4 is 10.1 Å². The van der Waals surface area contributed by atoms with E-state index >= 15 is 0 Å². The fraction of sp³-hybridized carbons (Fsp3) is 0.261. The van der Waals surface area contributed by atoms with E-state index in [0.29, 0.717) is 5.95 Å². The van der Waals surface area contributed by atoms with Gasteiger partial charge in [-0.2, -0.15) is 4.98 Å². The van der Waals surface area contributed by atoms with Gasteiger partial charge in [0.2, 0.25) is 5.95 Å². The van der Waals surface area contributed by atoms with Crippen LogP contribution in [0.1, 0.15) is 12.8 Å². The molecule has 1 N–H and O–H groups in total. The van der Waals surface area contributed by atoms with Crippen LogP contribution in [0.15, 0.2) is 67.0 Å². The highest BCUT2D eigenvalue weighted by Gasteiger charge is 2.11. The Morgan fingerprint density at radius 2 is 1.83 bits per heavy atom. The number of anilines is 2. The first-order valence-electron chi connectivity index (χ1n) is 10.3. The molecule has 0 atom stereocenters. The van der Waals surface area contributed by atoms with Crippen molar-refractivity contribution in [1.82, 2.24) is 24.5 Å². The van der Waals surface area contributed by atoms with Gasteiger partial charge in [0.25, 0.3) is 0 Å². The number of nitrogens with one attached hydrogen (secondary N) is 1. The predicted octanol–water partition coefficient (Wildman–Crippen LogP) is 4.01. The largest absolute Gasteiger partial charge is 0.492 e. The Bertz CT molecular complexity index is 1100. The summed E-state index contributed by atoms with van der Waals surface area (Å²) < 4.78 is 7.70. The van der Waals surface area contributed by atoms with E-state index < -0.39 is 0 Å². The van der Waals surface area contributed by atoms with Crippen molar-refractivity contribution in [2.75, 3.05) is 31.6 Å². The summed E-state index contributed by atoms with van der Waals surface area (Å²) in [4.78, 5) is 11.2. The van der Waals surface area contributed by atoms with Crippen molar-refractivity contribution < 1.29 is 4.74 Å². The molecule has 1 aromatic carbocycles. The third-order valence-corrected chi connectivity index (χ3v) is 5.30. The zero-order valence-corrected chi connectivity index (χ0v) is 16.7. The number of hydrogen-bond acceptors (Lipinski definition) is 6. The van der Waals surface area contributed by atoms with Crippen LogP contribution in [0.3, 0.4) is 0 Å². The highest BCUT2D eigenvalue weighted by atomic mass is 16.5. The van der Waals surface area contributed by atoms with Gasteiger partial charge in [-0.25, -0.2) is 4.52 Å². The van der Waals surface area contributed by atoms with Crippen LogP contribution >= 0.6 is 0 Å². The summed E-state index contributed by atoms with van der Waals surface area (Å²) in [7, 11) is 0. The molecule has 0 bridgehead atoms. The number of fused-ring (bicyclic) bond motifs is 1. The number of aromatic nitrogens is 4. The maximum Gasteiger partial charge on any atom is 0.247 e. The summed E-state index contributed by atoms with van der Waals surface area (Å²) in [5.41, 5.74) is 3.64. The van der Waals surface area contributed by atoms with Crippen molar-refractivity contribution in [3.63, 3.8) is 0 Å². The van der Waals surface area contributed by atoms with E-state index in [-0.39, 0.29) is 0 Å². The first-order valence-corrected chi connectivity index (χ1v) is 10.3. The number of hydrogen-bond donors (Lipinski definition) is 1. The molecule has 152 valence electrons. The van der Waals surface area contributed by atoms with Crippen LogP contribution in [0.5, 0.6) is 5.75 Å². The quantitative estimate of drug-likeness (QED) is 0.506. The second-order valence-corrected chi connectivity index (χ2v) is 7.40. The fourth-order valence-electron chi connectivity index (χ4n) is 3.75. The Hall–Kier alpha value is -3.45. The Labute approximate surface area is 175 Å². The van der Waals surface area contributed by atoms with Crippen LogP contribution in [0.4, 0.5) is 11.6 Å². The molecule has 7 heteroatoms. The molecule has 1 saturated heterocycles. The molecule has 5 rings (SSSR count). The number of ether oxygens (including phenoxy) is 1. The molecule has 1 fully saturated rings. The molecule has 0 radical (unpaired) electrons. The average molecular weight is 400 g/mol. The van der Waals surface area contributed by atoms with Crippen molar-refractivity contribution in [2.24, 2.45) is 0 Å². The molecule has 30 heavy (non-hydrogen) atoms. The third kappa shape index (κ3) is 4.11. The number of pyridine rings is 2. The predicted molar refractivity (Wildman–Crippen MR) is 117 cm³/mol. The normalized spacial score (nSPS) is 14.3. The molecule has 0 spiro atoms. The van der Waals surface area contributed by atoms with Crippen molar-refractivity contribution in [3.05, 3.63) is 67.0 Å². The van der Waals surface area contributed by atoms with Crippen molar-refractivity contribution in [1.29, 1.82) is 0 Å². The number of benzene rings is 1. The molecule has 0 amide bonds. The summed E-state index contributed by atoms with van der Waals surface area (Å²) >= 11 is 0. The van der Waals surface area contributed by atoms with E-state index in [9.17, 15) is 0 Å². The Kier molecular flexibility index (Phi) is 5.26. The molecule has 4 aromatic rings. The minimum absolute atomic E-state index is 0.550. The number of nitrogens with zero attached hydrogens (tertiary/aromatic N) is 5. The van der Waals surface area contributed by atoms with Gasteiger partial charge in [0.05, 0.1) is 5.69 Å². The van der Waals surface area contributed by atoms with Gasteiger partial charge in [-0.15, -0.1) is 5.10 Å². The lowest BCUT2D eigenvalue weighted by molar-refractivity contribution is 0.238. The summed E-state index contributed by atoms with van der Waals surface area (Å²) in [6.45, 7) is 4.10. The van der Waals surface area contributed by atoms with Crippen LogP contribution in [0.2, 0.25) is 0 Å². The van der Waals surface area contributed by atoms with Gasteiger partial charge in [0.15, 0.2) is 5.65 Å². The molecule has 0 saturated carbocycles. The standard InChI is InChI=1S/C23H24N6O/c1-2-14-28(13-1)15-16-30-20-10-8-19(9-11-20)25-23-26-22-7-3-6-21(29(22)27-23)18-5-4-12-24-17-18/h3-12,17H,1-2,13-16H2,(H,25,27). The molecule has 4 heterocycles. The summed E-state index contributed by atoms with van der Waals surface area (Å²) in [5, 5.41) is 7.91. The smallest absolute Gasteiger partial charge is 0.247 e. The van der Waals surface area contributed by atoms with Crippen LogP contribution in [0, 0.1) is 0 Å². The Morgan fingerprint density at radius 3 is 2.63 bits per heavy atom. The lowest BCUT2D eigenvalue weighted by atomic mass is 10.2. The van der Waals surface area contributed by atoms with Crippen molar-refractivity contribution in [3.8, 4) is 17.0 Å². The zero-order chi connectivity index (χ0) is 20.2. The van der Waals surface area contributed by atoms with Gasteiger partial charge < -0.3 is 10.1 Å². The van der Waals surface area contributed by atoms with Gasteiger partial charge in [-0.05, 0) is 74.5 Å². The average Bonchev–Trinajstić information content (AvgIpc) is 3.45. The summed E-state index contributed by atoms with van der Waals surface area (Å²) in [5.74, 6) is 1.43. The lowest BCUT2D eigenvalue weighted by Gasteiger charge is -2.15. The molecule has 3 aromatic heterocycles. The molecule has 0 unspecified atom stereocenters. The van der Waals surface area contributed by atoms with E-state index in [1.54, 1.807) is 6.20 Å². The van der Waals surface area contributed by atoms with E-state index in [0.717, 1.165) is 41.5 Å². The van der Waals surface area contributed by atoms with Gasteiger partial charge in [0.1, 0.15) is 12.4 Å². The maximum absolute atomic E-state index is 5.88. The van der Waals surface area contributed by atoms with Gasteiger partial charge in [-0.1, -0.05) is 6.07 Å². The maximum atomic E-state index is 5.88. The zero-order valence-electron chi connectivity index (χ0n) is 16.7. The highest BCUT2D eigenvalue weighted by Crippen LogP contribution is 2.22. The van der Waals surface area contributed by atoms with Gasteiger partial charge >= 0.3 is 0 Å². The van der Waals surface area contributed by atoms with Crippen LogP contribution in [0.25, 0.3) is 16.9 Å². The number of likely N-dealkylation sites (tertiary alicyclic amines) is 1. The van der Waals surface area contributed by atoms with Gasteiger partial charge in [-0.3, -0.25) is 9.88 Å². The van der Waals surface area contributed by atoms with Crippen LogP contribution in [-0.2, 0) is 0 Å². The minimum Gasteiger partial charge on any atom is -0.492 e. The Morgan fingerprint density at radius 1 is 0.967 bits per heavy atom. The number of rotatable bonds is 7. The van der Waals surface area contributed by atoms with Crippen molar-refractivity contribution in [2.45, 2.75) is 12.8 Å². The monoisotopic (exact) mass is 400 g/mol.